The number of nitrogens with zero attached hydrogens (tertiary/aromatic N) is 1. The number of nitrogens with one attached hydrogen (secondary N) is 4. The van der Waals surface area contributed by atoms with Gasteiger partial charge in [0.15, 0.2) is 0 Å². The second-order valence-electron chi connectivity index (χ2n) is 8.89. The molecule has 35 heavy (non-hydrogen) atoms. The Hall–Kier alpha value is -4.40. The highest BCUT2D eigenvalue weighted by molar-refractivity contribution is 6.10. The van der Waals surface area contributed by atoms with Gasteiger partial charge in [-0.2, -0.15) is 0 Å². The van der Waals surface area contributed by atoms with Crippen molar-refractivity contribution in [2.75, 3.05) is 17.2 Å². The molecule has 3 aromatic carbocycles. The predicted molar refractivity (Wildman–Crippen MR) is 134 cm³/mol. The van der Waals surface area contributed by atoms with Crippen molar-refractivity contribution in [1.82, 2.24) is 15.5 Å². The molecule has 1 heterocycles. The van der Waals surface area contributed by atoms with Crippen LogP contribution in [0, 0.1) is 0 Å². The first-order valence-electron chi connectivity index (χ1n) is 11.3. The molecule has 4 rings (SSSR count). The number of imide groups is 1. The summed E-state index contributed by atoms with van der Waals surface area (Å²) in [7, 11) is 0. The summed E-state index contributed by atoms with van der Waals surface area (Å²) in [4.78, 5) is 51.4. The Morgan fingerprint density at radius 1 is 0.914 bits per heavy atom. The minimum atomic E-state index is -1.28. The lowest BCUT2D eigenvalue weighted by Crippen LogP contribution is -2.42. The van der Waals surface area contributed by atoms with Crippen LogP contribution in [-0.4, -0.2) is 41.4 Å². The molecule has 0 aliphatic carbocycles. The third kappa shape index (κ3) is 5.08. The molecule has 6 amide bonds. The maximum atomic E-state index is 13.2. The van der Waals surface area contributed by atoms with Gasteiger partial charge >= 0.3 is 12.1 Å². The maximum Gasteiger partial charge on any atom is 0.325 e. The van der Waals surface area contributed by atoms with Gasteiger partial charge in [0.2, 0.25) is 5.91 Å². The number of benzene rings is 3. The summed E-state index contributed by atoms with van der Waals surface area (Å²) in [6, 6.07) is 18.9. The molecular weight excluding hydrogens is 446 g/mol. The van der Waals surface area contributed by atoms with E-state index in [1.165, 1.54) is 0 Å². The number of carbonyl (C=O) groups is 4. The summed E-state index contributed by atoms with van der Waals surface area (Å²) in [5, 5.41) is 12.8. The predicted octanol–water partition coefficient (Wildman–Crippen LogP) is 3.78. The molecule has 1 aliphatic rings. The van der Waals surface area contributed by atoms with Gasteiger partial charge < -0.3 is 21.3 Å². The zero-order valence-electron chi connectivity index (χ0n) is 19.7. The Morgan fingerprint density at radius 3 is 2.31 bits per heavy atom. The second kappa shape index (κ2) is 9.46. The van der Waals surface area contributed by atoms with Gasteiger partial charge in [0.1, 0.15) is 12.1 Å². The van der Waals surface area contributed by atoms with Gasteiger partial charge in [-0.25, -0.2) is 9.59 Å². The Kier molecular flexibility index (Phi) is 6.42. The summed E-state index contributed by atoms with van der Waals surface area (Å²) in [6.45, 7) is 4.87. The molecule has 9 heteroatoms. The molecule has 1 saturated heterocycles. The number of hydrogen-bond acceptors (Lipinski definition) is 4. The van der Waals surface area contributed by atoms with E-state index in [1.807, 2.05) is 50.2 Å². The number of amides is 6. The molecule has 1 aliphatic heterocycles. The second-order valence-corrected chi connectivity index (χ2v) is 8.89. The molecule has 9 nitrogen and oxygen atoms in total. The van der Waals surface area contributed by atoms with Gasteiger partial charge in [0.05, 0.1) is 0 Å². The van der Waals surface area contributed by atoms with Crippen molar-refractivity contribution in [2.24, 2.45) is 0 Å². The molecule has 3 aromatic rings. The van der Waals surface area contributed by atoms with E-state index in [0.29, 0.717) is 16.9 Å². The van der Waals surface area contributed by atoms with Crippen molar-refractivity contribution in [3.63, 3.8) is 0 Å². The molecule has 1 unspecified atom stereocenters. The zero-order chi connectivity index (χ0) is 25.2. The summed E-state index contributed by atoms with van der Waals surface area (Å²) < 4.78 is 0. The first-order valence-corrected chi connectivity index (χ1v) is 11.3. The van der Waals surface area contributed by atoms with Gasteiger partial charge in [0.25, 0.3) is 5.91 Å². The van der Waals surface area contributed by atoms with Crippen LogP contribution in [-0.2, 0) is 15.1 Å². The van der Waals surface area contributed by atoms with Crippen molar-refractivity contribution < 1.29 is 19.2 Å². The zero-order valence-corrected chi connectivity index (χ0v) is 19.7. The highest BCUT2D eigenvalue weighted by Gasteiger charge is 2.49. The standard InChI is InChI=1S/C26H27N5O4/c1-16(2)27-24(34)29-21-10-6-9-20(14-21)28-22(32)15-31-23(33)26(3,30-25(31)35)19-12-11-17-7-4-5-8-18(17)13-19/h4-14,16H,15H2,1-3H3,(H,28,32)(H,30,35)(H2,27,29,34). The lowest BCUT2D eigenvalue weighted by atomic mass is 9.90. The quantitative estimate of drug-likeness (QED) is 0.407. The fourth-order valence-electron chi connectivity index (χ4n) is 3.98. The number of fused-ring (bicyclic) bond motifs is 1. The summed E-state index contributed by atoms with van der Waals surface area (Å²) in [6.07, 6.45) is 0. The van der Waals surface area contributed by atoms with E-state index < -0.39 is 29.9 Å². The molecule has 1 fully saturated rings. The fraction of sp³-hybridized carbons (Fsp3) is 0.231. The van der Waals surface area contributed by atoms with Crippen LogP contribution in [0.5, 0.6) is 0 Å². The van der Waals surface area contributed by atoms with E-state index >= 15 is 0 Å². The molecule has 0 bridgehead atoms. The lowest BCUT2D eigenvalue weighted by molar-refractivity contribution is -0.133. The highest BCUT2D eigenvalue weighted by Crippen LogP contribution is 2.31. The average molecular weight is 474 g/mol. The third-order valence-corrected chi connectivity index (χ3v) is 5.73. The van der Waals surface area contributed by atoms with Crippen molar-refractivity contribution in [3.8, 4) is 0 Å². The Morgan fingerprint density at radius 2 is 1.60 bits per heavy atom. The normalized spacial score (nSPS) is 17.4. The van der Waals surface area contributed by atoms with Crippen LogP contribution in [0.3, 0.4) is 0 Å². The van der Waals surface area contributed by atoms with Crippen molar-refractivity contribution in [3.05, 3.63) is 72.3 Å². The number of hydrogen-bond donors (Lipinski definition) is 4. The van der Waals surface area contributed by atoms with E-state index in [1.54, 1.807) is 37.3 Å². The molecule has 0 aromatic heterocycles. The Bertz CT molecular complexity index is 1320. The van der Waals surface area contributed by atoms with Crippen molar-refractivity contribution in [2.45, 2.75) is 32.4 Å². The van der Waals surface area contributed by atoms with Gasteiger partial charge in [0, 0.05) is 17.4 Å². The van der Waals surface area contributed by atoms with E-state index in [9.17, 15) is 19.2 Å². The van der Waals surface area contributed by atoms with Gasteiger partial charge in [-0.15, -0.1) is 0 Å². The Labute approximate surface area is 202 Å². The van der Waals surface area contributed by atoms with Crippen LogP contribution in [0.2, 0.25) is 0 Å². The summed E-state index contributed by atoms with van der Waals surface area (Å²) >= 11 is 0. The van der Waals surface area contributed by atoms with Gasteiger partial charge in [-0.1, -0.05) is 42.5 Å². The number of carbonyl (C=O) groups excluding carboxylic acids is 4. The van der Waals surface area contributed by atoms with Crippen LogP contribution in [0.25, 0.3) is 10.8 Å². The maximum absolute atomic E-state index is 13.2. The van der Waals surface area contributed by atoms with Gasteiger partial charge in [-0.05, 0) is 61.4 Å². The van der Waals surface area contributed by atoms with Crippen molar-refractivity contribution >= 4 is 46.0 Å². The Balaban J connectivity index is 1.44. The molecule has 0 radical (unpaired) electrons. The number of rotatable bonds is 6. The molecule has 1 atom stereocenters. The largest absolute Gasteiger partial charge is 0.336 e. The van der Waals surface area contributed by atoms with Crippen LogP contribution in [0.4, 0.5) is 21.0 Å². The number of anilines is 2. The van der Waals surface area contributed by atoms with Crippen LogP contribution in [0.15, 0.2) is 66.7 Å². The number of urea groups is 2. The fourth-order valence-corrected chi connectivity index (χ4v) is 3.98. The van der Waals surface area contributed by atoms with Crippen LogP contribution >= 0.6 is 0 Å². The first kappa shape index (κ1) is 23.7. The molecule has 0 spiro atoms. The first-order chi connectivity index (χ1) is 16.7. The van der Waals surface area contributed by atoms with E-state index in [4.69, 9.17) is 0 Å². The summed E-state index contributed by atoms with van der Waals surface area (Å²) in [5.74, 6) is -1.05. The minimum Gasteiger partial charge on any atom is -0.336 e. The monoisotopic (exact) mass is 473 g/mol. The van der Waals surface area contributed by atoms with Crippen LogP contribution in [0.1, 0.15) is 26.3 Å². The van der Waals surface area contributed by atoms with Gasteiger partial charge in [-0.3, -0.25) is 14.5 Å². The molecular formula is C26H27N5O4. The molecule has 4 N–H and O–H groups in total. The average Bonchev–Trinajstić information content (AvgIpc) is 3.02. The smallest absolute Gasteiger partial charge is 0.325 e. The molecule has 0 saturated carbocycles. The van der Waals surface area contributed by atoms with Crippen LogP contribution < -0.4 is 21.3 Å². The topological polar surface area (TPSA) is 120 Å². The minimum absolute atomic E-state index is 0.0256. The molecule has 180 valence electrons. The summed E-state index contributed by atoms with van der Waals surface area (Å²) in [5.41, 5.74) is 0.257. The highest BCUT2D eigenvalue weighted by atomic mass is 16.2. The van der Waals surface area contributed by atoms with E-state index in [-0.39, 0.29) is 12.1 Å². The SMILES string of the molecule is CC(C)NC(=O)Nc1cccc(NC(=O)CN2C(=O)NC(C)(c3ccc4ccccc4c3)C2=O)c1. The van der Waals surface area contributed by atoms with E-state index in [2.05, 4.69) is 21.3 Å². The third-order valence-electron chi connectivity index (χ3n) is 5.73. The lowest BCUT2D eigenvalue weighted by Gasteiger charge is -2.22. The van der Waals surface area contributed by atoms with Crippen molar-refractivity contribution in [1.29, 1.82) is 0 Å². The van der Waals surface area contributed by atoms with E-state index in [0.717, 1.165) is 15.7 Å².